The van der Waals surface area contributed by atoms with Gasteiger partial charge in [-0.25, -0.2) is 9.18 Å². The zero-order valence-electron chi connectivity index (χ0n) is 24.3. The fourth-order valence-electron chi connectivity index (χ4n) is 3.76. The lowest BCUT2D eigenvalue weighted by molar-refractivity contribution is -0.140. The minimum atomic E-state index is -5.08. The smallest absolute Gasteiger partial charge is 0.419 e. The molecule has 7 nitrogen and oxygen atoms in total. The third-order valence-corrected chi connectivity index (χ3v) is 6.83. The molecule has 0 saturated carbocycles. The van der Waals surface area contributed by atoms with Gasteiger partial charge in [0, 0.05) is 15.8 Å². The molecular formula is C30H27F7N2O5S. The molecule has 45 heavy (non-hydrogen) atoms. The van der Waals surface area contributed by atoms with Crippen LogP contribution in [-0.2, 0) is 12.4 Å². The molecule has 0 aliphatic rings. The van der Waals surface area contributed by atoms with E-state index in [1.54, 1.807) is 0 Å². The van der Waals surface area contributed by atoms with Gasteiger partial charge in [0.15, 0.2) is 0 Å². The van der Waals surface area contributed by atoms with E-state index in [0.29, 0.717) is 29.5 Å². The number of benzene rings is 3. The summed E-state index contributed by atoms with van der Waals surface area (Å²) in [4.78, 5) is 37.4. The van der Waals surface area contributed by atoms with Gasteiger partial charge in [-0.1, -0.05) is 33.8 Å². The van der Waals surface area contributed by atoms with Gasteiger partial charge < -0.3 is 20.5 Å². The summed E-state index contributed by atoms with van der Waals surface area (Å²) in [7, 11) is 1.20. The van der Waals surface area contributed by atoms with Gasteiger partial charge in [0.05, 0.1) is 35.1 Å². The number of hydrogen-bond acceptors (Lipinski definition) is 5. The maximum absolute atomic E-state index is 13.7. The minimum Gasteiger partial charge on any atom is -0.496 e. The summed E-state index contributed by atoms with van der Waals surface area (Å²) in [6.45, 7) is 8.00. The lowest BCUT2D eigenvalue weighted by Gasteiger charge is -2.13. The fraction of sp³-hybridized carbons (Fsp3) is 0.233. The molecule has 0 radical (unpaired) electrons. The average molecular weight is 661 g/mol. The van der Waals surface area contributed by atoms with Gasteiger partial charge in [0.1, 0.15) is 16.4 Å². The second kappa shape index (κ2) is 14.9. The number of nitrogens with one attached hydrogen (secondary N) is 2. The van der Waals surface area contributed by atoms with E-state index in [1.165, 1.54) is 13.2 Å². The molecule has 0 fully saturated rings. The Morgan fingerprint density at radius 3 is 2.00 bits per heavy atom. The van der Waals surface area contributed by atoms with Crippen molar-refractivity contribution in [3.63, 3.8) is 0 Å². The zero-order valence-corrected chi connectivity index (χ0v) is 25.1. The molecule has 1 heterocycles. The highest BCUT2D eigenvalue weighted by Crippen LogP contribution is 2.41. The first kappa shape index (κ1) is 36.5. The number of hydrogen-bond donors (Lipinski definition) is 3. The first-order chi connectivity index (χ1) is 21.1. The Bertz CT molecular complexity index is 1700. The van der Waals surface area contributed by atoms with E-state index in [1.807, 2.05) is 27.7 Å². The summed E-state index contributed by atoms with van der Waals surface area (Å²) < 4.78 is 98.0. The predicted octanol–water partition coefficient (Wildman–Crippen LogP) is 9.34. The molecule has 0 atom stereocenters. The van der Waals surface area contributed by atoms with Crippen LogP contribution in [-0.4, -0.2) is 30.0 Å². The van der Waals surface area contributed by atoms with Crippen LogP contribution in [0.4, 0.5) is 42.1 Å². The summed E-state index contributed by atoms with van der Waals surface area (Å²) >= 11 is 0.501. The van der Waals surface area contributed by atoms with Gasteiger partial charge in [-0.3, -0.25) is 9.59 Å². The number of methoxy groups -OCH3 is 1. The molecule has 4 aromatic rings. The van der Waals surface area contributed by atoms with Crippen LogP contribution in [0, 0.1) is 5.82 Å². The van der Waals surface area contributed by atoms with Gasteiger partial charge in [0.2, 0.25) is 0 Å². The second-order valence-corrected chi connectivity index (χ2v) is 9.39. The van der Waals surface area contributed by atoms with E-state index in [-0.39, 0.29) is 32.6 Å². The quantitative estimate of drug-likeness (QED) is 0.179. The van der Waals surface area contributed by atoms with Crippen molar-refractivity contribution < 1.29 is 55.0 Å². The number of fused-ring (bicyclic) bond motifs is 1. The standard InChI is InChI=1S/C26H15F7N2O5S.2C2H6/c1-40-18-7-2-11(24(38)39)8-15(18)22(36)35-20-14-5-3-12(25(28,29)30)9-19(14)41-21(20)23(37)34-13-4-6-17(27)16(10-13)26(31,32)33;2*1-2/h2-10H,1H3,(H,34,37)(H,35,36)(H,38,39);2*1-2H3. The summed E-state index contributed by atoms with van der Waals surface area (Å²) in [6, 6.07) is 7.40. The third kappa shape index (κ3) is 8.50. The Labute approximate surface area is 256 Å². The summed E-state index contributed by atoms with van der Waals surface area (Å²) in [6.07, 6.45) is -9.84. The monoisotopic (exact) mass is 660 g/mol. The van der Waals surface area contributed by atoms with Gasteiger partial charge in [-0.15, -0.1) is 11.3 Å². The molecule has 15 heteroatoms. The number of aromatic carboxylic acids is 1. The van der Waals surface area contributed by atoms with Crippen molar-refractivity contribution in [3.8, 4) is 5.75 Å². The maximum atomic E-state index is 13.7. The number of halogens is 7. The van der Waals surface area contributed by atoms with Crippen LogP contribution in [0.25, 0.3) is 10.1 Å². The van der Waals surface area contributed by atoms with E-state index >= 15 is 0 Å². The van der Waals surface area contributed by atoms with Crippen molar-refractivity contribution in [3.05, 3.63) is 87.5 Å². The number of carbonyl (C=O) groups excluding carboxylic acids is 2. The molecule has 0 unspecified atom stereocenters. The van der Waals surface area contributed by atoms with Crippen LogP contribution < -0.4 is 15.4 Å². The minimum absolute atomic E-state index is 0.0232. The normalized spacial score (nSPS) is 11.0. The van der Waals surface area contributed by atoms with E-state index < -0.39 is 57.6 Å². The topological polar surface area (TPSA) is 105 Å². The molecule has 2 amide bonds. The highest BCUT2D eigenvalue weighted by atomic mass is 32.1. The Balaban J connectivity index is 0.00000169. The lowest BCUT2D eigenvalue weighted by atomic mass is 10.1. The van der Waals surface area contributed by atoms with Crippen LogP contribution in [0.1, 0.15) is 69.2 Å². The van der Waals surface area contributed by atoms with Gasteiger partial charge in [-0.05, 0) is 48.5 Å². The largest absolute Gasteiger partial charge is 0.496 e. The van der Waals surface area contributed by atoms with Crippen LogP contribution in [0.2, 0.25) is 0 Å². The fourth-order valence-corrected chi connectivity index (χ4v) is 4.86. The number of carboxylic acids is 1. The van der Waals surface area contributed by atoms with E-state index in [9.17, 15) is 50.2 Å². The van der Waals surface area contributed by atoms with E-state index in [4.69, 9.17) is 4.74 Å². The number of thiophene rings is 1. The van der Waals surface area contributed by atoms with Crippen LogP contribution >= 0.6 is 11.3 Å². The molecule has 0 aliphatic heterocycles. The zero-order chi connectivity index (χ0) is 34.3. The van der Waals surface area contributed by atoms with Crippen molar-refractivity contribution in [1.82, 2.24) is 0 Å². The average Bonchev–Trinajstić information content (AvgIpc) is 3.36. The van der Waals surface area contributed by atoms with Crippen LogP contribution in [0.3, 0.4) is 0 Å². The summed E-state index contributed by atoms with van der Waals surface area (Å²) in [5.74, 6) is -5.16. The van der Waals surface area contributed by atoms with Crippen molar-refractivity contribution in [2.24, 2.45) is 0 Å². The number of amides is 2. The number of carboxylic acid groups (broad SMARTS) is 1. The van der Waals surface area contributed by atoms with Crippen molar-refractivity contribution in [2.45, 2.75) is 40.0 Å². The first-order valence-electron chi connectivity index (χ1n) is 13.1. The predicted molar refractivity (Wildman–Crippen MR) is 157 cm³/mol. The second-order valence-electron chi connectivity index (χ2n) is 8.34. The Kier molecular flexibility index (Phi) is 12.1. The molecular weight excluding hydrogens is 633 g/mol. The molecule has 0 spiro atoms. The van der Waals surface area contributed by atoms with Crippen LogP contribution in [0.15, 0.2) is 54.6 Å². The highest BCUT2D eigenvalue weighted by Gasteiger charge is 2.35. The molecule has 0 saturated heterocycles. The number of ether oxygens (including phenoxy) is 1. The number of anilines is 2. The third-order valence-electron chi connectivity index (χ3n) is 5.68. The van der Waals surface area contributed by atoms with Crippen molar-refractivity contribution in [1.29, 1.82) is 0 Å². The molecule has 242 valence electrons. The first-order valence-corrected chi connectivity index (χ1v) is 14.0. The maximum Gasteiger partial charge on any atom is 0.419 e. The Morgan fingerprint density at radius 1 is 0.800 bits per heavy atom. The summed E-state index contributed by atoms with van der Waals surface area (Å²) in [5.41, 5.74) is -4.11. The number of carbonyl (C=O) groups is 3. The molecule has 3 aromatic carbocycles. The van der Waals surface area contributed by atoms with Gasteiger partial charge in [-0.2, -0.15) is 26.3 Å². The molecule has 1 aromatic heterocycles. The van der Waals surface area contributed by atoms with Gasteiger partial charge >= 0.3 is 18.3 Å². The highest BCUT2D eigenvalue weighted by molar-refractivity contribution is 7.21. The van der Waals surface area contributed by atoms with E-state index in [2.05, 4.69) is 10.6 Å². The lowest BCUT2D eigenvalue weighted by Crippen LogP contribution is -2.18. The number of alkyl halides is 6. The Morgan fingerprint density at radius 2 is 1.44 bits per heavy atom. The molecule has 3 N–H and O–H groups in total. The van der Waals surface area contributed by atoms with Crippen molar-refractivity contribution in [2.75, 3.05) is 17.7 Å². The van der Waals surface area contributed by atoms with Crippen molar-refractivity contribution >= 4 is 50.6 Å². The van der Waals surface area contributed by atoms with Crippen LogP contribution in [0.5, 0.6) is 5.75 Å². The number of rotatable bonds is 6. The molecule has 0 aliphatic carbocycles. The SMILES string of the molecule is CC.CC.COc1ccc(C(=O)O)cc1C(=O)Nc1c(C(=O)Nc2ccc(F)c(C(F)(F)F)c2)sc2cc(C(F)(F)F)ccc12. The van der Waals surface area contributed by atoms with E-state index in [0.717, 1.165) is 30.3 Å². The summed E-state index contributed by atoms with van der Waals surface area (Å²) in [5, 5.41) is 13.8. The Hall–Kier alpha value is -4.66. The molecule has 0 bridgehead atoms. The van der Waals surface area contributed by atoms with Gasteiger partial charge in [0.25, 0.3) is 11.8 Å². The molecule has 4 rings (SSSR count).